The number of thioether (sulfide) groups is 1. The minimum absolute atomic E-state index is 0.131. The molecule has 1 heterocycles. The third-order valence-electron chi connectivity index (χ3n) is 2.51. The lowest BCUT2D eigenvalue weighted by Gasteiger charge is -2.25. The van der Waals surface area contributed by atoms with Crippen LogP contribution in [0, 0.1) is 5.92 Å². The smallest absolute Gasteiger partial charge is 0.223 e. The number of carbonyl (C=O) groups excluding carboxylic acids is 1. The maximum atomic E-state index is 11.6. The van der Waals surface area contributed by atoms with Crippen molar-refractivity contribution in [2.24, 2.45) is 5.92 Å². The van der Waals surface area contributed by atoms with Crippen LogP contribution < -0.4 is 10.6 Å². The fraction of sp³-hybridized carbons (Fsp3) is 0.900. The average Bonchev–Trinajstić information content (AvgIpc) is 2.19. The minimum Gasteiger partial charge on any atom is -0.352 e. The molecule has 1 aliphatic rings. The van der Waals surface area contributed by atoms with Crippen molar-refractivity contribution in [3.8, 4) is 0 Å². The summed E-state index contributed by atoms with van der Waals surface area (Å²) in [4.78, 5) is 11.6. The summed E-state index contributed by atoms with van der Waals surface area (Å²) in [6, 6.07) is 0.348. The highest BCUT2D eigenvalue weighted by molar-refractivity contribution is 7.98. The van der Waals surface area contributed by atoms with Crippen molar-refractivity contribution in [3.63, 3.8) is 0 Å². The molecule has 2 atom stereocenters. The SMILES string of the molecule is CSCC(C)C(=O)NC1CCCNC1. The molecule has 3 nitrogen and oxygen atoms in total. The zero-order chi connectivity index (χ0) is 10.4. The van der Waals surface area contributed by atoms with Gasteiger partial charge in [-0.2, -0.15) is 11.8 Å². The van der Waals surface area contributed by atoms with Gasteiger partial charge < -0.3 is 10.6 Å². The zero-order valence-corrected chi connectivity index (χ0v) is 9.82. The van der Waals surface area contributed by atoms with Crippen LogP contribution in [-0.2, 0) is 4.79 Å². The molecule has 0 radical (unpaired) electrons. The summed E-state index contributed by atoms with van der Waals surface area (Å²) >= 11 is 1.72. The van der Waals surface area contributed by atoms with Crippen molar-refractivity contribution in [1.29, 1.82) is 0 Å². The summed E-state index contributed by atoms with van der Waals surface area (Å²) < 4.78 is 0. The summed E-state index contributed by atoms with van der Waals surface area (Å²) in [5, 5.41) is 6.38. The normalized spacial score (nSPS) is 24.3. The molecular formula is C10H20N2OS. The van der Waals surface area contributed by atoms with E-state index in [0.29, 0.717) is 6.04 Å². The number of amides is 1. The molecule has 2 unspecified atom stereocenters. The number of hydrogen-bond acceptors (Lipinski definition) is 3. The standard InChI is InChI=1S/C10H20N2OS/c1-8(7-14-2)10(13)12-9-4-3-5-11-6-9/h8-9,11H,3-7H2,1-2H3,(H,12,13). The fourth-order valence-electron chi connectivity index (χ4n) is 1.64. The first-order valence-electron chi connectivity index (χ1n) is 5.24. The molecule has 4 heteroatoms. The van der Waals surface area contributed by atoms with E-state index in [1.54, 1.807) is 11.8 Å². The molecule has 0 spiro atoms. The second-order valence-corrected chi connectivity index (χ2v) is 4.82. The summed E-state index contributed by atoms with van der Waals surface area (Å²) in [5.74, 6) is 1.24. The average molecular weight is 216 g/mol. The van der Waals surface area contributed by atoms with Crippen molar-refractivity contribution in [3.05, 3.63) is 0 Å². The Hall–Kier alpha value is -0.220. The molecule has 0 aliphatic carbocycles. The second-order valence-electron chi connectivity index (χ2n) is 3.91. The first-order chi connectivity index (χ1) is 6.74. The maximum Gasteiger partial charge on any atom is 0.223 e. The van der Waals surface area contributed by atoms with Crippen LogP contribution in [0.25, 0.3) is 0 Å². The number of hydrogen-bond donors (Lipinski definition) is 2. The van der Waals surface area contributed by atoms with E-state index in [-0.39, 0.29) is 11.8 Å². The summed E-state index contributed by atoms with van der Waals surface area (Å²) in [7, 11) is 0. The number of piperidine rings is 1. The summed E-state index contributed by atoms with van der Waals surface area (Å²) in [6.07, 6.45) is 4.32. The predicted octanol–water partition coefficient (Wildman–Crippen LogP) is 0.854. The quantitative estimate of drug-likeness (QED) is 0.732. The molecule has 2 N–H and O–H groups in total. The molecular weight excluding hydrogens is 196 g/mol. The molecule has 1 saturated heterocycles. The fourth-order valence-corrected chi connectivity index (χ4v) is 2.30. The molecule has 0 aromatic heterocycles. The maximum absolute atomic E-state index is 11.6. The van der Waals surface area contributed by atoms with Crippen LogP contribution in [0.1, 0.15) is 19.8 Å². The van der Waals surface area contributed by atoms with Gasteiger partial charge in [-0.15, -0.1) is 0 Å². The molecule has 1 rings (SSSR count). The highest BCUT2D eigenvalue weighted by Crippen LogP contribution is 2.07. The highest BCUT2D eigenvalue weighted by Gasteiger charge is 2.18. The van der Waals surface area contributed by atoms with Gasteiger partial charge in [-0.25, -0.2) is 0 Å². The van der Waals surface area contributed by atoms with E-state index in [2.05, 4.69) is 10.6 Å². The Balaban J connectivity index is 2.24. The van der Waals surface area contributed by atoms with Crippen molar-refractivity contribution in [2.75, 3.05) is 25.1 Å². The van der Waals surface area contributed by atoms with Gasteiger partial charge in [-0.05, 0) is 25.6 Å². The Labute approximate surface area is 90.4 Å². The lowest BCUT2D eigenvalue weighted by atomic mass is 10.1. The van der Waals surface area contributed by atoms with Crippen molar-refractivity contribution in [2.45, 2.75) is 25.8 Å². The Morgan fingerprint density at radius 1 is 1.71 bits per heavy atom. The van der Waals surface area contributed by atoms with Crippen LogP contribution in [0.4, 0.5) is 0 Å². The lowest BCUT2D eigenvalue weighted by molar-refractivity contribution is -0.124. The van der Waals surface area contributed by atoms with Crippen molar-refractivity contribution in [1.82, 2.24) is 10.6 Å². The van der Waals surface area contributed by atoms with Crippen LogP contribution in [0.3, 0.4) is 0 Å². The van der Waals surface area contributed by atoms with Gasteiger partial charge >= 0.3 is 0 Å². The lowest BCUT2D eigenvalue weighted by Crippen LogP contribution is -2.47. The van der Waals surface area contributed by atoms with Gasteiger partial charge in [0.05, 0.1) is 0 Å². The Morgan fingerprint density at radius 3 is 3.07 bits per heavy atom. The molecule has 0 aromatic rings. The van der Waals surface area contributed by atoms with Crippen LogP contribution in [0.15, 0.2) is 0 Å². The van der Waals surface area contributed by atoms with Gasteiger partial charge in [0.1, 0.15) is 0 Å². The second kappa shape index (κ2) is 6.30. The van der Waals surface area contributed by atoms with Crippen LogP contribution in [-0.4, -0.2) is 37.0 Å². The third-order valence-corrected chi connectivity index (χ3v) is 3.34. The van der Waals surface area contributed by atoms with E-state index in [1.807, 2.05) is 13.2 Å². The monoisotopic (exact) mass is 216 g/mol. The molecule has 1 fully saturated rings. The van der Waals surface area contributed by atoms with E-state index in [4.69, 9.17) is 0 Å². The molecule has 0 aromatic carbocycles. The van der Waals surface area contributed by atoms with Gasteiger partial charge in [0.15, 0.2) is 0 Å². The number of nitrogens with one attached hydrogen (secondary N) is 2. The first kappa shape index (κ1) is 11.9. The topological polar surface area (TPSA) is 41.1 Å². The zero-order valence-electron chi connectivity index (χ0n) is 9.01. The van der Waals surface area contributed by atoms with Gasteiger partial charge in [0.2, 0.25) is 5.91 Å². The van der Waals surface area contributed by atoms with E-state index in [1.165, 1.54) is 6.42 Å². The van der Waals surface area contributed by atoms with Crippen molar-refractivity contribution < 1.29 is 4.79 Å². The van der Waals surface area contributed by atoms with E-state index < -0.39 is 0 Å². The third kappa shape index (κ3) is 3.88. The van der Waals surface area contributed by atoms with Crippen LogP contribution in [0.5, 0.6) is 0 Å². The minimum atomic E-state index is 0.131. The number of rotatable bonds is 4. The predicted molar refractivity (Wildman–Crippen MR) is 61.6 cm³/mol. The highest BCUT2D eigenvalue weighted by atomic mass is 32.2. The largest absolute Gasteiger partial charge is 0.352 e. The summed E-state index contributed by atoms with van der Waals surface area (Å²) in [6.45, 7) is 4.01. The van der Waals surface area contributed by atoms with E-state index in [0.717, 1.165) is 25.3 Å². The van der Waals surface area contributed by atoms with Gasteiger partial charge in [-0.3, -0.25) is 4.79 Å². The van der Waals surface area contributed by atoms with Crippen LogP contribution in [0.2, 0.25) is 0 Å². The number of carbonyl (C=O) groups is 1. The molecule has 1 aliphatic heterocycles. The Morgan fingerprint density at radius 2 is 2.50 bits per heavy atom. The van der Waals surface area contributed by atoms with Gasteiger partial charge in [0, 0.05) is 24.3 Å². The van der Waals surface area contributed by atoms with Gasteiger partial charge in [-0.1, -0.05) is 6.92 Å². The van der Waals surface area contributed by atoms with E-state index in [9.17, 15) is 4.79 Å². The van der Waals surface area contributed by atoms with Gasteiger partial charge in [0.25, 0.3) is 0 Å². The van der Waals surface area contributed by atoms with Crippen LogP contribution >= 0.6 is 11.8 Å². The summed E-state index contributed by atoms with van der Waals surface area (Å²) in [5.41, 5.74) is 0. The Bertz CT molecular complexity index is 181. The molecule has 1 amide bonds. The molecule has 0 bridgehead atoms. The van der Waals surface area contributed by atoms with E-state index >= 15 is 0 Å². The Kier molecular flexibility index (Phi) is 5.33. The molecule has 14 heavy (non-hydrogen) atoms. The first-order valence-corrected chi connectivity index (χ1v) is 6.63. The van der Waals surface area contributed by atoms with Crippen molar-refractivity contribution >= 4 is 17.7 Å². The molecule has 82 valence electrons. The molecule has 0 saturated carbocycles.